The summed E-state index contributed by atoms with van der Waals surface area (Å²) in [5, 5.41) is 1.61. The van der Waals surface area contributed by atoms with Crippen LogP contribution in [0.1, 0.15) is 12.0 Å². The largest absolute Gasteiger partial charge is 0.497 e. The molecule has 4 heteroatoms. The third-order valence-electron chi connectivity index (χ3n) is 2.70. The number of aromatic nitrogens is 1. The Bertz CT molecular complexity index is 528. The summed E-state index contributed by atoms with van der Waals surface area (Å²) in [7, 11) is 1.65. The smallest absolute Gasteiger partial charge is 0.132 e. The Morgan fingerprint density at radius 2 is 2.18 bits per heavy atom. The molecule has 2 rings (SSSR count). The first kappa shape index (κ1) is 12.1. The summed E-state index contributed by atoms with van der Waals surface area (Å²) in [6.07, 6.45) is 1.77. The van der Waals surface area contributed by atoms with Gasteiger partial charge in [0.1, 0.15) is 10.9 Å². The van der Waals surface area contributed by atoms with Crippen LogP contribution in [0.2, 0.25) is 5.15 Å². The summed E-state index contributed by atoms with van der Waals surface area (Å²) in [5.74, 6) is 0.825. The highest BCUT2D eigenvalue weighted by Gasteiger charge is 2.05. The third kappa shape index (κ3) is 2.68. The SMILES string of the molecule is COc1ccc2nc(Cl)c(CCCN)cc2c1. The summed E-state index contributed by atoms with van der Waals surface area (Å²) < 4.78 is 5.19. The van der Waals surface area contributed by atoms with Crippen molar-refractivity contribution in [2.75, 3.05) is 13.7 Å². The maximum atomic E-state index is 6.13. The van der Waals surface area contributed by atoms with Crippen LogP contribution >= 0.6 is 11.6 Å². The standard InChI is InChI=1S/C13H15ClN2O/c1-17-11-4-5-12-10(8-11)7-9(3-2-6-15)13(14)16-12/h4-5,7-8H,2-3,6,15H2,1H3. The van der Waals surface area contributed by atoms with Crippen LogP contribution < -0.4 is 10.5 Å². The highest BCUT2D eigenvalue weighted by molar-refractivity contribution is 6.30. The summed E-state index contributed by atoms with van der Waals surface area (Å²) >= 11 is 6.13. The molecule has 0 fully saturated rings. The van der Waals surface area contributed by atoms with E-state index in [1.54, 1.807) is 7.11 Å². The zero-order valence-corrected chi connectivity index (χ0v) is 10.5. The van der Waals surface area contributed by atoms with Crippen molar-refractivity contribution in [1.82, 2.24) is 4.98 Å². The van der Waals surface area contributed by atoms with Crippen molar-refractivity contribution in [2.24, 2.45) is 5.73 Å². The van der Waals surface area contributed by atoms with E-state index in [0.29, 0.717) is 11.7 Å². The lowest BCUT2D eigenvalue weighted by atomic mass is 10.1. The van der Waals surface area contributed by atoms with Gasteiger partial charge >= 0.3 is 0 Å². The number of methoxy groups -OCH3 is 1. The fraction of sp³-hybridized carbons (Fsp3) is 0.308. The number of halogens is 1. The van der Waals surface area contributed by atoms with Gasteiger partial charge in [-0.1, -0.05) is 11.6 Å². The van der Waals surface area contributed by atoms with Gasteiger partial charge in [-0.05, 0) is 49.2 Å². The lowest BCUT2D eigenvalue weighted by Crippen LogP contribution is -2.01. The first-order chi connectivity index (χ1) is 8.24. The second-order valence-electron chi connectivity index (χ2n) is 3.89. The first-order valence-electron chi connectivity index (χ1n) is 5.58. The van der Waals surface area contributed by atoms with Crippen LogP contribution in [0.3, 0.4) is 0 Å². The molecule has 0 atom stereocenters. The molecule has 0 amide bonds. The van der Waals surface area contributed by atoms with Gasteiger partial charge in [-0.25, -0.2) is 4.98 Å². The molecule has 0 aliphatic rings. The van der Waals surface area contributed by atoms with Gasteiger partial charge in [0.05, 0.1) is 12.6 Å². The molecule has 90 valence electrons. The Morgan fingerprint density at radius 3 is 2.88 bits per heavy atom. The van der Waals surface area contributed by atoms with E-state index in [2.05, 4.69) is 11.1 Å². The number of ether oxygens (including phenoxy) is 1. The van der Waals surface area contributed by atoms with Crippen LogP contribution in [0.5, 0.6) is 5.75 Å². The lowest BCUT2D eigenvalue weighted by molar-refractivity contribution is 0.415. The van der Waals surface area contributed by atoms with Gasteiger partial charge in [0.25, 0.3) is 0 Å². The highest BCUT2D eigenvalue weighted by Crippen LogP contribution is 2.24. The number of fused-ring (bicyclic) bond motifs is 1. The molecule has 1 aromatic heterocycles. The van der Waals surface area contributed by atoms with E-state index in [4.69, 9.17) is 22.1 Å². The Labute approximate surface area is 106 Å². The lowest BCUT2D eigenvalue weighted by Gasteiger charge is -2.07. The van der Waals surface area contributed by atoms with E-state index in [9.17, 15) is 0 Å². The maximum Gasteiger partial charge on any atom is 0.132 e. The Morgan fingerprint density at radius 1 is 1.35 bits per heavy atom. The number of hydrogen-bond donors (Lipinski definition) is 1. The minimum atomic E-state index is 0.566. The molecule has 1 heterocycles. The van der Waals surface area contributed by atoms with Gasteiger partial charge in [-0.3, -0.25) is 0 Å². The van der Waals surface area contributed by atoms with Gasteiger partial charge in [-0.15, -0.1) is 0 Å². The summed E-state index contributed by atoms with van der Waals surface area (Å²) in [5.41, 5.74) is 7.42. The van der Waals surface area contributed by atoms with Crippen LogP contribution in [0, 0.1) is 0 Å². The topological polar surface area (TPSA) is 48.1 Å². The van der Waals surface area contributed by atoms with Crippen molar-refractivity contribution in [2.45, 2.75) is 12.8 Å². The summed E-state index contributed by atoms with van der Waals surface area (Å²) in [4.78, 5) is 4.37. The van der Waals surface area contributed by atoms with Crippen LogP contribution in [0.25, 0.3) is 10.9 Å². The van der Waals surface area contributed by atoms with Crippen molar-refractivity contribution in [3.63, 3.8) is 0 Å². The van der Waals surface area contributed by atoms with E-state index in [-0.39, 0.29) is 0 Å². The van der Waals surface area contributed by atoms with Gasteiger partial charge in [0.15, 0.2) is 0 Å². The van der Waals surface area contributed by atoms with Crippen LogP contribution in [-0.4, -0.2) is 18.6 Å². The molecule has 0 radical (unpaired) electrons. The predicted molar refractivity (Wildman–Crippen MR) is 70.7 cm³/mol. The average molecular weight is 251 g/mol. The molecule has 2 N–H and O–H groups in total. The second-order valence-corrected chi connectivity index (χ2v) is 4.25. The average Bonchev–Trinajstić information content (AvgIpc) is 2.35. The minimum absolute atomic E-state index is 0.566. The number of nitrogens with zero attached hydrogens (tertiary/aromatic N) is 1. The fourth-order valence-electron chi connectivity index (χ4n) is 1.77. The molecule has 0 unspecified atom stereocenters. The molecular weight excluding hydrogens is 236 g/mol. The molecule has 1 aromatic carbocycles. The van der Waals surface area contributed by atoms with Crippen molar-refractivity contribution >= 4 is 22.5 Å². The van der Waals surface area contributed by atoms with Gasteiger partial charge in [0, 0.05) is 5.39 Å². The number of nitrogens with two attached hydrogens (primary N) is 1. The van der Waals surface area contributed by atoms with Crippen LogP contribution in [-0.2, 0) is 6.42 Å². The molecule has 17 heavy (non-hydrogen) atoms. The van der Waals surface area contributed by atoms with E-state index in [0.717, 1.165) is 35.1 Å². The van der Waals surface area contributed by atoms with E-state index in [1.165, 1.54) is 0 Å². The molecule has 0 saturated carbocycles. The normalized spacial score (nSPS) is 10.8. The second kappa shape index (κ2) is 5.34. The van der Waals surface area contributed by atoms with E-state index < -0.39 is 0 Å². The molecule has 0 saturated heterocycles. The van der Waals surface area contributed by atoms with Crippen molar-refractivity contribution in [1.29, 1.82) is 0 Å². The maximum absolute atomic E-state index is 6.13. The molecule has 3 nitrogen and oxygen atoms in total. The zero-order chi connectivity index (χ0) is 12.3. The number of pyridine rings is 1. The number of rotatable bonds is 4. The van der Waals surface area contributed by atoms with Gasteiger partial charge in [-0.2, -0.15) is 0 Å². The number of aryl methyl sites for hydroxylation is 1. The quantitative estimate of drug-likeness (QED) is 0.849. The highest BCUT2D eigenvalue weighted by atomic mass is 35.5. The Kier molecular flexibility index (Phi) is 3.82. The summed E-state index contributed by atoms with van der Waals surface area (Å²) in [6.45, 7) is 0.659. The predicted octanol–water partition coefficient (Wildman–Crippen LogP) is 2.79. The van der Waals surface area contributed by atoms with Crippen LogP contribution in [0.15, 0.2) is 24.3 Å². The van der Waals surface area contributed by atoms with E-state index >= 15 is 0 Å². The minimum Gasteiger partial charge on any atom is -0.497 e. The number of benzene rings is 1. The fourth-order valence-corrected chi connectivity index (χ4v) is 2.01. The third-order valence-corrected chi connectivity index (χ3v) is 3.03. The number of hydrogen-bond acceptors (Lipinski definition) is 3. The zero-order valence-electron chi connectivity index (χ0n) is 9.74. The van der Waals surface area contributed by atoms with Gasteiger partial charge in [0.2, 0.25) is 0 Å². The molecule has 0 spiro atoms. The molecular formula is C13H15ClN2O. The van der Waals surface area contributed by atoms with Crippen molar-refractivity contribution in [3.05, 3.63) is 35.0 Å². The van der Waals surface area contributed by atoms with E-state index in [1.807, 2.05) is 18.2 Å². The first-order valence-corrected chi connectivity index (χ1v) is 5.95. The van der Waals surface area contributed by atoms with Crippen LogP contribution in [0.4, 0.5) is 0 Å². The molecule has 0 aliphatic heterocycles. The summed E-state index contributed by atoms with van der Waals surface area (Å²) in [6, 6.07) is 7.81. The Hall–Kier alpha value is -1.32. The molecule has 0 bridgehead atoms. The Balaban J connectivity index is 2.44. The van der Waals surface area contributed by atoms with Crippen molar-refractivity contribution < 1.29 is 4.74 Å². The molecule has 0 aliphatic carbocycles. The van der Waals surface area contributed by atoms with Crippen molar-refractivity contribution in [3.8, 4) is 5.75 Å². The molecule has 2 aromatic rings. The monoisotopic (exact) mass is 250 g/mol. The van der Waals surface area contributed by atoms with Gasteiger partial charge < -0.3 is 10.5 Å².